The van der Waals surface area contributed by atoms with Crippen LogP contribution in [0.5, 0.6) is 0 Å². The van der Waals surface area contributed by atoms with Gasteiger partial charge < -0.3 is 9.97 Å². The van der Waals surface area contributed by atoms with Gasteiger partial charge in [0.15, 0.2) is 0 Å². The lowest BCUT2D eigenvalue weighted by atomic mass is 10.2. The minimum atomic E-state index is -0.0727. The Morgan fingerprint density at radius 2 is 2.27 bits per heavy atom. The van der Waals surface area contributed by atoms with E-state index < -0.39 is 0 Å². The molecule has 0 saturated heterocycles. The van der Waals surface area contributed by atoms with Crippen LogP contribution in [-0.2, 0) is 6.42 Å². The normalized spacial score (nSPS) is 11.0. The molecular weight excluding hydrogens is 190 g/mol. The smallest absolute Gasteiger partial charge is 0.275 e. The van der Waals surface area contributed by atoms with Gasteiger partial charge in [-0.2, -0.15) is 0 Å². The fourth-order valence-electron chi connectivity index (χ4n) is 1.66. The maximum atomic E-state index is 11.6. The lowest BCUT2D eigenvalue weighted by Crippen LogP contribution is -2.11. The Bertz CT molecular complexity index is 498. The van der Waals surface area contributed by atoms with Gasteiger partial charge in [0.25, 0.3) is 5.56 Å². The molecular formula is C11H15N3O. The van der Waals surface area contributed by atoms with Crippen LogP contribution in [0.4, 0.5) is 0 Å². The number of hydrogen-bond acceptors (Lipinski definition) is 2. The zero-order chi connectivity index (χ0) is 10.7. The molecule has 0 fully saturated rings. The Morgan fingerprint density at radius 1 is 1.40 bits per heavy atom. The second kappa shape index (κ2) is 4.29. The number of H-pyrrole nitrogens is 2. The van der Waals surface area contributed by atoms with E-state index in [1.54, 1.807) is 6.20 Å². The van der Waals surface area contributed by atoms with Crippen molar-refractivity contribution in [2.24, 2.45) is 0 Å². The molecule has 2 N–H and O–H groups in total. The van der Waals surface area contributed by atoms with E-state index >= 15 is 0 Å². The number of nitrogens with one attached hydrogen (secondary N) is 2. The summed E-state index contributed by atoms with van der Waals surface area (Å²) in [6.45, 7) is 2.16. The van der Waals surface area contributed by atoms with E-state index in [0.29, 0.717) is 5.52 Å². The van der Waals surface area contributed by atoms with Crippen molar-refractivity contribution in [1.29, 1.82) is 0 Å². The predicted molar refractivity (Wildman–Crippen MR) is 59.9 cm³/mol. The highest BCUT2D eigenvalue weighted by Gasteiger charge is 2.03. The number of aromatic amines is 2. The third-order valence-electron chi connectivity index (χ3n) is 2.48. The van der Waals surface area contributed by atoms with Gasteiger partial charge >= 0.3 is 0 Å². The molecule has 0 aliphatic rings. The van der Waals surface area contributed by atoms with Crippen LogP contribution in [0.2, 0.25) is 0 Å². The largest absolute Gasteiger partial charge is 0.355 e. The molecule has 15 heavy (non-hydrogen) atoms. The molecule has 4 heteroatoms. The molecule has 0 spiro atoms. The van der Waals surface area contributed by atoms with Crippen molar-refractivity contribution in [2.45, 2.75) is 32.6 Å². The van der Waals surface area contributed by atoms with Gasteiger partial charge in [0.05, 0.1) is 5.52 Å². The molecule has 0 aliphatic heterocycles. The summed E-state index contributed by atoms with van der Waals surface area (Å²) in [7, 11) is 0. The fraction of sp³-hybridized carbons (Fsp3) is 0.455. The molecule has 0 bridgehead atoms. The Balaban J connectivity index is 2.25. The molecule has 2 rings (SSSR count). The van der Waals surface area contributed by atoms with Crippen molar-refractivity contribution in [3.63, 3.8) is 0 Å². The second-order valence-corrected chi connectivity index (χ2v) is 3.71. The Hall–Kier alpha value is -1.58. The van der Waals surface area contributed by atoms with E-state index in [2.05, 4.69) is 21.9 Å². The van der Waals surface area contributed by atoms with Gasteiger partial charge in [-0.25, -0.2) is 4.98 Å². The molecule has 80 valence electrons. The van der Waals surface area contributed by atoms with Crippen LogP contribution in [0.1, 0.15) is 32.0 Å². The first-order valence-corrected chi connectivity index (χ1v) is 5.37. The summed E-state index contributed by atoms with van der Waals surface area (Å²) in [5, 5.41) is 0. The van der Waals surface area contributed by atoms with Crippen LogP contribution in [0.25, 0.3) is 11.0 Å². The van der Waals surface area contributed by atoms with Crippen LogP contribution in [0.15, 0.2) is 17.1 Å². The van der Waals surface area contributed by atoms with E-state index in [4.69, 9.17) is 0 Å². The average Bonchev–Trinajstić information content (AvgIpc) is 2.66. The number of hydrogen-bond donors (Lipinski definition) is 2. The highest BCUT2D eigenvalue weighted by molar-refractivity contribution is 5.73. The monoisotopic (exact) mass is 205 g/mol. The summed E-state index contributed by atoms with van der Waals surface area (Å²) >= 11 is 0. The summed E-state index contributed by atoms with van der Waals surface area (Å²) in [6.07, 6.45) is 6.02. The molecule has 0 atom stereocenters. The maximum Gasteiger partial charge on any atom is 0.275 e. The first kappa shape index (κ1) is 9.96. The summed E-state index contributed by atoms with van der Waals surface area (Å²) < 4.78 is 0. The van der Waals surface area contributed by atoms with Gasteiger partial charge in [-0.15, -0.1) is 0 Å². The summed E-state index contributed by atoms with van der Waals surface area (Å²) in [5.74, 6) is 0.792. The third kappa shape index (κ3) is 2.09. The SMILES string of the molecule is CCCCCc1nc2cc[nH]c2c(=O)[nH]1. The summed E-state index contributed by atoms with van der Waals surface area (Å²) in [6, 6.07) is 1.83. The zero-order valence-electron chi connectivity index (χ0n) is 8.84. The first-order chi connectivity index (χ1) is 7.31. The van der Waals surface area contributed by atoms with Gasteiger partial charge in [0.1, 0.15) is 11.3 Å². The maximum absolute atomic E-state index is 11.6. The standard InChI is InChI=1S/C11H15N3O/c1-2-3-4-5-9-13-8-6-7-12-10(8)11(15)14-9/h6-7,12H,2-5H2,1H3,(H,13,14,15). The lowest BCUT2D eigenvalue weighted by molar-refractivity contribution is 0.694. The minimum absolute atomic E-state index is 0.0727. The van der Waals surface area contributed by atoms with Crippen molar-refractivity contribution in [1.82, 2.24) is 15.0 Å². The van der Waals surface area contributed by atoms with Crippen molar-refractivity contribution >= 4 is 11.0 Å². The second-order valence-electron chi connectivity index (χ2n) is 3.71. The molecule has 2 aromatic heterocycles. The average molecular weight is 205 g/mol. The zero-order valence-corrected chi connectivity index (χ0v) is 8.84. The molecule has 0 amide bonds. The topological polar surface area (TPSA) is 61.5 Å². The van der Waals surface area contributed by atoms with Gasteiger partial charge in [0.2, 0.25) is 0 Å². The van der Waals surface area contributed by atoms with E-state index in [0.717, 1.165) is 24.2 Å². The van der Waals surface area contributed by atoms with E-state index in [9.17, 15) is 4.79 Å². The number of nitrogens with zero attached hydrogens (tertiary/aromatic N) is 1. The van der Waals surface area contributed by atoms with Crippen molar-refractivity contribution in [3.05, 3.63) is 28.4 Å². The van der Waals surface area contributed by atoms with Crippen LogP contribution in [0.3, 0.4) is 0 Å². The minimum Gasteiger partial charge on any atom is -0.355 e. The molecule has 2 heterocycles. The molecule has 0 unspecified atom stereocenters. The number of fused-ring (bicyclic) bond motifs is 1. The third-order valence-corrected chi connectivity index (χ3v) is 2.48. The summed E-state index contributed by atoms with van der Waals surface area (Å²) in [5.41, 5.74) is 1.25. The quantitative estimate of drug-likeness (QED) is 0.750. The molecule has 0 saturated carbocycles. The van der Waals surface area contributed by atoms with Crippen LogP contribution in [0, 0.1) is 0 Å². The molecule has 0 radical (unpaired) electrons. The van der Waals surface area contributed by atoms with Crippen molar-refractivity contribution in [2.75, 3.05) is 0 Å². The number of rotatable bonds is 4. The Labute approximate surface area is 87.7 Å². The van der Waals surface area contributed by atoms with Crippen molar-refractivity contribution < 1.29 is 0 Å². The Kier molecular flexibility index (Phi) is 2.85. The highest BCUT2D eigenvalue weighted by atomic mass is 16.1. The van der Waals surface area contributed by atoms with Crippen LogP contribution in [-0.4, -0.2) is 15.0 Å². The Morgan fingerprint density at radius 3 is 3.07 bits per heavy atom. The van der Waals surface area contributed by atoms with E-state index in [1.807, 2.05) is 6.07 Å². The number of aryl methyl sites for hydroxylation is 1. The fourth-order valence-corrected chi connectivity index (χ4v) is 1.66. The molecule has 0 aliphatic carbocycles. The first-order valence-electron chi connectivity index (χ1n) is 5.37. The van der Waals surface area contributed by atoms with Gasteiger partial charge in [0, 0.05) is 12.6 Å². The van der Waals surface area contributed by atoms with Gasteiger partial charge in [-0.3, -0.25) is 4.79 Å². The van der Waals surface area contributed by atoms with Gasteiger partial charge in [-0.05, 0) is 12.5 Å². The molecule has 0 aromatic carbocycles. The predicted octanol–water partition coefficient (Wildman–Crippen LogP) is 1.98. The van der Waals surface area contributed by atoms with Gasteiger partial charge in [-0.1, -0.05) is 19.8 Å². The van der Waals surface area contributed by atoms with Crippen molar-refractivity contribution in [3.8, 4) is 0 Å². The van der Waals surface area contributed by atoms with Crippen LogP contribution < -0.4 is 5.56 Å². The summed E-state index contributed by atoms with van der Waals surface area (Å²) in [4.78, 5) is 21.6. The molecule has 4 nitrogen and oxygen atoms in total. The van der Waals surface area contributed by atoms with E-state index in [1.165, 1.54) is 12.8 Å². The molecule has 2 aromatic rings. The number of aromatic nitrogens is 3. The highest BCUT2D eigenvalue weighted by Crippen LogP contribution is 2.06. The number of unbranched alkanes of at least 4 members (excludes halogenated alkanes) is 2. The van der Waals surface area contributed by atoms with E-state index in [-0.39, 0.29) is 5.56 Å². The van der Waals surface area contributed by atoms with Crippen LogP contribution >= 0.6 is 0 Å². The lowest BCUT2D eigenvalue weighted by Gasteiger charge is -1.99.